The molecule has 0 aliphatic carbocycles. The molecule has 0 spiro atoms. The van der Waals surface area contributed by atoms with Crippen LogP contribution >= 0.6 is 11.8 Å². The third-order valence-electron chi connectivity index (χ3n) is 4.03. The minimum absolute atomic E-state index is 0.133. The maximum Gasteiger partial charge on any atom is 0.137 e. The first-order chi connectivity index (χ1) is 10.1. The molecular formula is C18H16FNS. The predicted molar refractivity (Wildman–Crippen MR) is 83.8 cm³/mol. The van der Waals surface area contributed by atoms with Crippen LogP contribution in [0.25, 0.3) is 0 Å². The number of nitriles is 1. The predicted octanol–water partition coefficient (Wildman–Crippen LogP) is 5.09. The third kappa shape index (κ3) is 2.34. The van der Waals surface area contributed by atoms with Gasteiger partial charge in [-0.05, 0) is 34.7 Å². The van der Waals surface area contributed by atoms with E-state index < -0.39 is 0 Å². The number of thioether (sulfide) groups is 1. The van der Waals surface area contributed by atoms with Crippen molar-refractivity contribution in [1.29, 1.82) is 5.26 Å². The van der Waals surface area contributed by atoms with Crippen LogP contribution in [0.1, 0.15) is 42.0 Å². The normalized spacial score (nSPS) is 16.8. The fraction of sp³-hybridized carbons (Fsp3) is 0.278. The number of halogens is 1. The van der Waals surface area contributed by atoms with Gasteiger partial charge in [0.2, 0.25) is 0 Å². The topological polar surface area (TPSA) is 23.8 Å². The Morgan fingerprint density at radius 2 is 1.90 bits per heavy atom. The van der Waals surface area contributed by atoms with Gasteiger partial charge in [-0.2, -0.15) is 5.26 Å². The van der Waals surface area contributed by atoms with Gasteiger partial charge in [0, 0.05) is 16.6 Å². The Kier molecular flexibility index (Phi) is 3.73. The fourth-order valence-corrected chi connectivity index (χ4v) is 4.29. The zero-order valence-electron chi connectivity index (χ0n) is 12.1. The van der Waals surface area contributed by atoms with Crippen molar-refractivity contribution in [2.24, 2.45) is 5.92 Å². The molecule has 1 aliphatic rings. The lowest BCUT2D eigenvalue weighted by Gasteiger charge is -2.24. The largest absolute Gasteiger partial charge is 0.206 e. The molecule has 0 saturated carbocycles. The van der Waals surface area contributed by atoms with E-state index in [4.69, 9.17) is 0 Å². The molecule has 0 radical (unpaired) electrons. The molecule has 0 fully saturated rings. The zero-order valence-corrected chi connectivity index (χ0v) is 12.9. The Morgan fingerprint density at radius 3 is 2.62 bits per heavy atom. The molecule has 2 aromatic rings. The molecule has 1 unspecified atom stereocenters. The van der Waals surface area contributed by atoms with Crippen LogP contribution in [0, 0.1) is 23.1 Å². The second-order valence-electron chi connectivity index (χ2n) is 5.65. The highest BCUT2D eigenvalue weighted by Gasteiger charge is 2.29. The van der Waals surface area contributed by atoms with Crippen LogP contribution in [-0.4, -0.2) is 0 Å². The Labute approximate surface area is 128 Å². The number of hydrogen-bond acceptors (Lipinski definition) is 2. The standard InChI is InChI=1S/C18H16FNS/c1-11(2)17-13-6-3-5-12(9-20)15(13)10-21-18-14(17)7-4-8-16(18)19/h3-8,11,17H,10H2,1-2H3. The van der Waals surface area contributed by atoms with E-state index in [0.717, 1.165) is 16.0 Å². The van der Waals surface area contributed by atoms with Gasteiger partial charge in [-0.25, -0.2) is 4.39 Å². The maximum atomic E-state index is 14.2. The molecule has 2 aromatic carbocycles. The number of nitrogens with zero attached hydrogens (tertiary/aromatic N) is 1. The molecule has 0 bridgehead atoms. The molecule has 0 aromatic heterocycles. The van der Waals surface area contributed by atoms with E-state index in [1.54, 1.807) is 6.07 Å². The van der Waals surface area contributed by atoms with Gasteiger partial charge in [-0.15, -0.1) is 11.8 Å². The molecule has 0 saturated heterocycles. The quantitative estimate of drug-likeness (QED) is 0.732. The van der Waals surface area contributed by atoms with Crippen molar-refractivity contribution >= 4 is 11.8 Å². The average Bonchev–Trinajstić information content (AvgIpc) is 2.64. The lowest BCUT2D eigenvalue weighted by Crippen LogP contribution is -2.11. The zero-order chi connectivity index (χ0) is 15.0. The highest BCUT2D eigenvalue weighted by molar-refractivity contribution is 7.98. The smallest absolute Gasteiger partial charge is 0.137 e. The van der Waals surface area contributed by atoms with Gasteiger partial charge in [0.15, 0.2) is 0 Å². The highest BCUT2D eigenvalue weighted by Crippen LogP contribution is 2.45. The summed E-state index contributed by atoms with van der Waals surface area (Å²) in [4.78, 5) is 0.733. The number of rotatable bonds is 1. The monoisotopic (exact) mass is 297 g/mol. The Balaban J connectivity index is 2.28. The first-order valence-corrected chi connectivity index (χ1v) is 8.05. The lowest BCUT2D eigenvalue weighted by atomic mass is 9.80. The summed E-state index contributed by atoms with van der Waals surface area (Å²) >= 11 is 1.50. The Bertz CT molecular complexity index is 730. The summed E-state index contributed by atoms with van der Waals surface area (Å²) in [7, 11) is 0. The van der Waals surface area contributed by atoms with E-state index in [2.05, 4.69) is 26.0 Å². The van der Waals surface area contributed by atoms with Crippen LogP contribution in [-0.2, 0) is 5.75 Å². The summed E-state index contributed by atoms with van der Waals surface area (Å²) in [5.41, 5.74) is 3.97. The van der Waals surface area contributed by atoms with Gasteiger partial charge < -0.3 is 0 Å². The van der Waals surface area contributed by atoms with Crippen LogP contribution in [0.5, 0.6) is 0 Å². The van der Waals surface area contributed by atoms with Crippen LogP contribution < -0.4 is 0 Å². The SMILES string of the molecule is CC(C)C1c2cccc(C#N)c2CSc2c(F)cccc21. The molecule has 106 valence electrons. The Hall–Kier alpha value is -1.79. The van der Waals surface area contributed by atoms with Gasteiger partial charge in [-0.3, -0.25) is 0 Å². The van der Waals surface area contributed by atoms with Crippen molar-refractivity contribution in [2.45, 2.75) is 30.4 Å². The van der Waals surface area contributed by atoms with Crippen molar-refractivity contribution in [3.05, 3.63) is 64.5 Å². The highest BCUT2D eigenvalue weighted by atomic mass is 32.2. The second kappa shape index (κ2) is 5.54. The van der Waals surface area contributed by atoms with Gasteiger partial charge in [-0.1, -0.05) is 38.1 Å². The lowest BCUT2D eigenvalue weighted by molar-refractivity contribution is 0.539. The molecular weight excluding hydrogens is 281 g/mol. The van der Waals surface area contributed by atoms with E-state index >= 15 is 0 Å². The van der Waals surface area contributed by atoms with E-state index in [1.807, 2.05) is 18.2 Å². The fourth-order valence-electron chi connectivity index (χ4n) is 3.11. The maximum absolute atomic E-state index is 14.2. The second-order valence-corrected chi connectivity index (χ2v) is 6.64. The van der Waals surface area contributed by atoms with Gasteiger partial charge in [0.25, 0.3) is 0 Å². The summed E-state index contributed by atoms with van der Waals surface area (Å²) < 4.78 is 14.2. The van der Waals surface area contributed by atoms with Crippen molar-refractivity contribution in [3.8, 4) is 6.07 Å². The minimum Gasteiger partial charge on any atom is -0.206 e. The average molecular weight is 297 g/mol. The van der Waals surface area contributed by atoms with Gasteiger partial charge in [0.05, 0.1) is 11.6 Å². The minimum atomic E-state index is -0.158. The van der Waals surface area contributed by atoms with E-state index in [0.29, 0.717) is 17.2 Å². The van der Waals surface area contributed by atoms with Gasteiger partial charge >= 0.3 is 0 Å². The summed E-state index contributed by atoms with van der Waals surface area (Å²) in [6.07, 6.45) is 0. The van der Waals surface area contributed by atoms with Crippen LogP contribution in [0.15, 0.2) is 41.3 Å². The molecule has 0 amide bonds. The van der Waals surface area contributed by atoms with Crippen LogP contribution in [0.4, 0.5) is 4.39 Å². The van der Waals surface area contributed by atoms with E-state index in [9.17, 15) is 9.65 Å². The summed E-state index contributed by atoms with van der Waals surface area (Å²) in [6, 6.07) is 13.5. The van der Waals surface area contributed by atoms with Gasteiger partial charge in [0.1, 0.15) is 5.82 Å². The molecule has 1 heterocycles. The van der Waals surface area contributed by atoms with Crippen LogP contribution in [0.2, 0.25) is 0 Å². The van der Waals surface area contributed by atoms with Crippen molar-refractivity contribution in [2.75, 3.05) is 0 Å². The number of hydrogen-bond donors (Lipinski definition) is 0. The molecule has 1 nitrogen and oxygen atoms in total. The van der Waals surface area contributed by atoms with Crippen molar-refractivity contribution in [1.82, 2.24) is 0 Å². The summed E-state index contributed by atoms with van der Waals surface area (Å²) in [5.74, 6) is 0.969. The third-order valence-corrected chi connectivity index (χ3v) is 5.18. The van der Waals surface area contributed by atoms with E-state index in [-0.39, 0.29) is 11.7 Å². The molecule has 0 N–H and O–H groups in total. The Morgan fingerprint density at radius 1 is 1.19 bits per heavy atom. The van der Waals surface area contributed by atoms with Crippen molar-refractivity contribution in [3.63, 3.8) is 0 Å². The summed E-state index contributed by atoms with van der Waals surface area (Å²) in [6.45, 7) is 4.30. The van der Waals surface area contributed by atoms with Crippen LogP contribution in [0.3, 0.4) is 0 Å². The number of fused-ring (bicyclic) bond motifs is 2. The first-order valence-electron chi connectivity index (χ1n) is 7.06. The summed E-state index contributed by atoms with van der Waals surface area (Å²) in [5, 5.41) is 9.35. The number of benzene rings is 2. The molecule has 3 heteroatoms. The molecule has 1 aliphatic heterocycles. The molecule has 1 atom stereocenters. The van der Waals surface area contributed by atoms with Crippen molar-refractivity contribution < 1.29 is 4.39 Å². The van der Waals surface area contributed by atoms with E-state index in [1.165, 1.54) is 23.4 Å². The first kappa shape index (κ1) is 14.2. The molecule has 21 heavy (non-hydrogen) atoms. The molecule has 3 rings (SSSR count).